The Bertz CT molecular complexity index is 292. The molecule has 1 N–H and O–H groups in total. The number of nitrogens with one attached hydrogen (secondary N) is 1. The van der Waals surface area contributed by atoms with Gasteiger partial charge in [-0.25, -0.2) is 0 Å². The normalized spacial score (nSPS) is 18.8. The maximum Gasteiger partial charge on any atom is 0.273 e. The van der Waals surface area contributed by atoms with Crippen molar-refractivity contribution in [3.63, 3.8) is 0 Å². The first-order valence-corrected chi connectivity index (χ1v) is 4.53. The summed E-state index contributed by atoms with van der Waals surface area (Å²) in [6.07, 6.45) is 3.62. The van der Waals surface area contributed by atoms with E-state index in [9.17, 15) is 4.79 Å². The van der Waals surface area contributed by atoms with Gasteiger partial charge in [0.25, 0.3) is 5.91 Å². The maximum atomic E-state index is 11.4. The van der Waals surface area contributed by atoms with E-state index in [2.05, 4.69) is 14.1 Å². The first-order chi connectivity index (χ1) is 5.70. The highest BCUT2D eigenvalue weighted by Crippen LogP contribution is 2.34. The molecule has 1 aliphatic rings. The molecule has 1 saturated carbocycles. The van der Waals surface area contributed by atoms with Gasteiger partial charge in [0.05, 0.1) is 17.9 Å². The summed E-state index contributed by atoms with van der Waals surface area (Å²) in [7, 11) is 0. The zero-order valence-electron chi connectivity index (χ0n) is 6.70. The van der Waals surface area contributed by atoms with Gasteiger partial charge in [-0.05, 0) is 19.8 Å². The van der Waals surface area contributed by atoms with Crippen LogP contribution in [0.25, 0.3) is 0 Å². The quantitative estimate of drug-likeness (QED) is 0.738. The van der Waals surface area contributed by atoms with Crippen LogP contribution in [0.2, 0.25) is 0 Å². The molecule has 1 aromatic heterocycles. The van der Waals surface area contributed by atoms with E-state index in [0.29, 0.717) is 5.69 Å². The van der Waals surface area contributed by atoms with Crippen molar-refractivity contribution < 1.29 is 4.79 Å². The van der Waals surface area contributed by atoms with Gasteiger partial charge in [-0.1, -0.05) is 0 Å². The number of hydrogen-bond donors (Lipinski definition) is 1. The molecule has 0 radical (unpaired) electrons. The van der Waals surface area contributed by atoms with E-state index in [1.807, 2.05) is 6.92 Å². The highest BCUT2D eigenvalue weighted by atomic mass is 32.1. The summed E-state index contributed by atoms with van der Waals surface area (Å²) >= 11 is 1.05. The first kappa shape index (κ1) is 7.67. The fraction of sp³-hybridized carbons (Fsp3) is 0.571. The van der Waals surface area contributed by atoms with Crippen molar-refractivity contribution in [2.75, 3.05) is 0 Å². The Morgan fingerprint density at radius 2 is 2.50 bits per heavy atom. The van der Waals surface area contributed by atoms with Crippen LogP contribution >= 0.6 is 11.7 Å². The van der Waals surface area contributed by atoms with Crippen LogP contribution < -0.4 is 5.32 Å². The lowest BCUT2D eigenvalue weighted by atomic mass is 10.3. The Kier molecular flexibility index (Phi) is 1.61. The number of amides is 1. The number of rotatable bonds is 2. The van der Waals surface area contributed by atoms with Crippen LogP contribution in [0.15, 0.2) is 6.20 Å². The molecule has 1 fully saturated rings. The highest BCUT2D eigenvalue weighted by Gasteiger charge is 2.39. The molecule has 0 spiro atoms. The van der Waals surface area contributed by atoms with Crippen LogP contribution in [-0.4, -0.2) is 20.2 Å². The van der Waals surface area contributed by atoms with Crippen molar-refractivity contribution in [2.24, 2.45) is 0 Å². The molecule has 1 heterocycles. The summed E-state index contributed by atoms with van der Waals surface area (Å²) in [6.45, 7) is 2.03. The fourth-order valence-corrected chi connectivity index (χ4v) is 1.33. The van der Waals surface area contributed by atoms with E-state index < -0.39 is 0 Å². The number of carbonyl (C=O) groups is 1. The molecule has 1 aromatic rings. The minimum Gasteiger partial charge on any atom is -0.345 e. The van der Waals surface area contributed by atoms with Gasteiger partial charge >= 0.3 is 0 Å². The zero-order valence-corrected chi connectivity index (χ0v) is 7.52. The Hall–Kier alpha value is -0.970. The van der Waals surface area contributed by atoms with Gasteiger partial charge in [-0.3, -0.25) is 4.79 Å². The molecule has 0 unspecified atom stereocenters. The van der Waals surface area contributed by atoms with Gasteiger partial charge in [0.2, 0.25) is 0 Å². The summed E-state index contributed by atoms with van der Waals surface area (Å²) in [6, 6.07) is 0. The molecule has 4 nitrogen and oxygen atoms in total. The van der Waals surface area contributed by atoms with Crippen molar-refractivity contribution >= 4 is 17.6 Å². The summed E-state index contributed by atoms with van der Waals surface area (Å²) < 4.78 is 7.61. The molecule has 0 aromatic carbocycles. The second-order valence-electron chi connectivity index (χ2n) is 3.31. The lowest BCUT2D eigenvalue weighted by Crippen LogP contribution is -2.34. The fourth-order valence-electron chi connectivity index (χ4n) is 0.915. The maximum absolute atomic E-state index is 11.4. The second-order valence-corrected chi connectivity index (χ2v) is 3.86. The van der Waals surface area contributed by atoms with Crippen LogP contribution in [0.5, 0.6) is 0 Å². The number of carbonyl (C=O) groups excluding carboxylic acids is 1. The molecule has 1 aliphatic carbocycles. The highest BCUT2D eigenvalue weighted by molar-refractivity contribution is 6.99. The van der Waals surface area contributed by atoms with Gasteiger partial charge < -0.3 is 5.32 Å². The van der Waals surface area contributed by atoms with Crippen molar-refractivity contribution in [3.05, 3.63) is 11.9 Å². The van der Waals surface area contributed by atoms with Crippen molar-refractivity contribution in [1.82, 2.24) is 14.1 Å². The smallest absolute Gasteiger partial charge is 0.273 e. The standard InChI is InChI=1S/C7H9N3OS/c1-7(2-3-7)9-6(11)5-4-8-12-10-5/h4H,2-3H2,1H3,(H,9,11). The van der Waals surface area contributed by atoms with Crippen LogP contribution in [0.1, 0.15) is 30.3 Å². The van der Waals surface area contributed by atoms with E-state index in [1.54, 1.807) is 0 Å². The van der Waals surface area contributed by atoms with Gasteiger partial charge in [-0.15, -0.1) is 0 Å². The van der Waals surface area contributed by atoms with E-state index in [1.165, 1.54) is 6.20 Å². The molecule has 5 heteroatoms. The minimum absolute atomic E-state index is 0.0285. The first-order valence-electron chi connectivity index (χ1n) is 3.80. The van der Waals surface area contributed by atoms with E-state index >= 15 is 0 Å². The molecular formula is C7H9N3OS. The monoisotopic (exact) mass is 183 g/mol. The largest absolute Gasteiger partial charge is 0.345 e. The molecule has 0 atom stereocenters. The SMILES string of the molecule is CC1(NC(=O)c2cnsn2)CC1. The molecule has 0 aliphatic heterocycles. The van der Waals surface area contributed by atoms with Crippen molar-refractivity contribution in [2.45, 2.75) is 25.3 Å². The lowest BCUT2D eigenvalue weighted by molar-refractivity contribution is 0.0931. The molecule has 0 bridgehead atoms. The summed E-state index contributed by atoms with van der Waals surface area (Å²) in [5, 5.41) is 2.90. The summed E-state index contributed by atoms with van der Waals surface area (Å²) in [5.74, 6) is -0.108. The third-order valence-electron chi connectivity index (χ3n) is 2.01. The van der Waals surface area contributed by atoms with Gasteiger partial charge in [0.15, 0.2) is 5.69 Å². The topological polar surface area (TPSA) is 54.9 Å². The Balaban J connectivity index is 2.02. The second kappa shape index (κ2) is 2.52. The number of aromatic nitrogens is 2. The number of hydrogen-bond acceptors (Lipinski definition) is 4. The predicted molar refractivity (Wildman–Crippen MR) is 45.0 cm³/mol. The Morgan fingerprint density at radius 1 is 1.75 bits per heavy atom. The third kappa shape index (κ3) is 1.45. The molecule has 0 saturated heterocycles. The third-order valence-corrected chi connectivity index (χ3v) is 2.49. The van der Waals surface area contributed by atoms with E-state index in [-0.39, 0.29) is 11.4 Å². The van der Waals surface area contributed by atoms with E-state index in [0.717, 1.165) is 24.6 Å². The van der Waals surface area contributed by atoms with Crippen LogP contribution in [0.4, 0.5) is 0 Å². The molecule has 64 valence electrons. The van der Waals surface area contributed by atoms with Gasteiger partial charge in [0.1, 0.15) is 0 Å². The minimum atomic E-state index is -0.108. The predicted octanol–water partition coefficient (Wildman–Crippen LogP) is 0.820. The van der Waals surface area contributed by atoms with Gasteiger partial charge in [0, 0.05) is 5.54 Å². The summed E-state index contributed by atoms with van der Waals surface area (Å²) in [4.78, 5) is 11.4. The molecular weight excluding hydrogens is 174 g/mol. The Morgan fingerprint density at radius 3 is 3.00 bits per heavy atom. The zero-order chi connectivity index (χ0) is 8.60. The molecule has 1 amide bonds. The average Bonchev–Trinajstić information content (AvgIpc) is 2.55. The van der Waals surface area contributed by atoms with Crippen LogP contribution in [0, 0.1) is 0 Å². The Labute approximate surface area is 74.3 Å². The lowest BCUT2D eigenvalue weighted by Gasteiger charge is -2.08. The number of nitrogens with zero attached hydrogens (tertiary/aromatic N) is 2. The molecule has 2 rings (SSSR count). The van der Waals surface area contributed by atoms with Crippen LogP contribution in [-0.2, 0) is 0 Å². The van der Waals surface area contributed by atoms with Crippen molar-refractivity contribution in [1.29, 1.82) is 0 Å². The summed E-state index contributed by atoms with van der Waals surface area (Å²) in [5.41, 5.74) is 0.453. The van der Waals surface area contributed by atoms with Gasteiger partial charge in [-0.2, -0.15) is 8.75 Å². The van der Waals surface area contributed by atoms with Crippen molar-refractivity contribution in [3.8, 4) is 0 Å². The van der Waals surface area contributed by atoms with Crippen LogP contribution in [0.3, 0.4) is 0 Å². The average molecular weight is 183 g/mol. The van der Waals surface area contributed by atoms with E-state index in [4.69, 9.17) is 0 Å². The molecule has 12 heavy (non-hydrogen) atoms.